The van der Waals surface area contributed by atoms with Crippen LogP contribution in [0.1, 0.15) is 5.56 Å². The quantitative estimate of drug-likeness (QED) is 0.197. The van der Waals surface area contributed by atoms with Crippen LogP contribution in [0.5, 0.6) is 5.75 Å². The normalized spacial score (nSPS) is 18.9. The summed E-state index contributed by atoms with van der Waals surface area (Å²) in [6.45, 7) is 0.0356. The van der Waals surface area contributed by atoms with Crippen LogP contribution in [0.25, 0.3) is 0 Å². The number of methoxy groups -OCH3 is 1. The maximum Gasteiger partial charge on any atom is 0.355 e. The number of esters is 1. The lowest BCUT2D eigenvalue weighted by Crippen LogP contribution is -2.70. The number of hydrogen-bond donors (Lipinski definition) is 1. The first-order chi connectivity index (χ1) is 17.3. The van der Waals surface area contributed by atoms with E-state index < -0.39 is 17.4 Å². The summed E-state index contributed by atoms with van der Waals surface area (Å²) in [6.07, 6.45) is 0. The second kappa shape index (κ2) is 12.0. The number of carbonyl (C=O) groups excluding carboxylic acids is 3. The zero-order chi connectivity index (χ0) is 25.8. The smallest absolute Gasteiger partial charge is 0.355 e. The Labute approximate surface area is 231 Å². The lowest BCUT2D eigenvalue weighted by Gasteiger charge is -2.49. The van der Waals surface area contributed by atoms with E-state index in [1.807, 2.05) is 0 Å². The first kappa shape index (κ1) is 27.0. The number of fused-ring (bicyclic) bond motifs is 1. The summed E-state index contributed by atoms with van der Waals surface area (Å²) < 4.78 is 10.6. The summed E-state index contributed by atoms with van der Waals surface area (Å²) >= 11 is 20.7. The highest BCUT2D eigenvalue weighted by Gasteiger charge is 2.54. The topological polar surface area (TPSA) is 84.9 Å². The molecule has 2 atom stereocenters. The van der Waals surface area contributed by atoms with E-state index in [9.17, 15) is 14.4 Å². The van der Waals surface area contributed by atoms with Gasteiger partial charge < -0.3 is 14.8 Å². The number of ether oxygens (including phenoxy) is 2. The SMILES string of the molecule is COc1ccc(COC(=O)C2=C(CCl)CS[C@@H]3[C@H](NC(=O)CSc4ccc(Cl)c(Cl)c4)C(=O)N23)cc1. The van der Waals surface area contributed by atoms with Crippen molar-refractivity contribution in [3.8, 4) is 5.75 Å². The number of β-lactam (4-membered cyclic amide) rings is 1. The van der Waals surface area contributed by atoms with E-state index in [-0.39, 0.29) is 35.8 Å². The fourth-order valence-electron chi connectivity index (χ4n) is 3.64. The summed E-state index contributed by atoms with van der Waals surface area (Å²) in [6, 6.07) is 11.5. The number of thioether (sulfide) groups is 2. The minimum atomic E-state index is -0.738. The fourth-order valence-corrected chi connectivity index (χ4v) is 6.43. The molecule has 1 N–H and O–H groups in total. The molecule has 1 fully saturated rings. The van der Waals surface area contributed by atoms with Gasteiger partial charge in [-0.25, -0.2) is 4.79 Å². The first-order valence-corrected chi connectivity index (χ1v) is 14.0. The van der Waals surface area contributed by atoms with Gasteiger partial charge in [-0.3, -0.25) is 14.5 Å². The van der Waals surface area contributed by atoms with Gasteiger partial charge in [0.25, 0.3) is 5.91 Å². The minimum absolute atomic E-state index is 0.0356. The molecule has 12 heteroatoms. The Kier molecular flexibility index (Phi) is 9.00. The van der Waals surface area contributed by atoms with Gasteiger partial charge in [0.15, 0.2) is 0 Å². The molecule has 2 aromatic rings. The third kappa shape index (κ3) is 5.92. The van der Waals surface area contributed by atoms with Gasteiger partial charge in [-0.1, -0.05) is 35.3 Å². The predicted octanol–water partition coefficient (Wildman–Crippen LogP) is 4.73. The van der Waals surface area contributed by atoms with E-state index in [1.54, 1.807) is 49.6 Å². The van der Waals surface area contributed by atoms with Crippen molar-refractivity contribution < 1.29 is 23.9 Å². The summed E-state index contributed by atoms with van der Waals surface area (Å²) in [5.41, 5.74) is 1.55. The lowest BCUT2D eigenvalue weighted by molar-refractivity contribution is -0.153. The summed E-state index contributed by atoms with van der Waals surface area (Å²) in [5, 5.41) is 3.20. The molecule has 7 nitrogen and oxygen atoms in total. The highest BCUT2D eigenvalue weighted by molar-refractivity contribution is 8.00. The molecular formula is C24H21Cl3N2O5S2. The van der Waals surface area contributed by atoms with Crippen LogP contribution in [0.3, 0.4) is 0 Å². The van der Waals surface area contributed by atoms with Crippen molar-refractivity contribution in [2.45, 2.75) is 22.9 Å². The van der Waals surface area contributed by atoms with Crippen LogP contribution in [0, 0.1) is 0 Å². The molecule has 0 radical (unpaired) electrons. The Morgan fingerprint density at radius 3 is 2.58 bits per heavy atom. The van der Waals surface area contributed by atoms with Crippen LogP contribution in [0.4, 0.5) is 0 Å². The number of nitrogens with zero attached hydrogens (tertiary/aromatic N) is 1. The standard InChI is InChI=1S/C24H21Cl3N2O5S2/c1-33-15-4-2-13(3-5-15)10-34-24(32)21-14(9-25)11-36-23-20(22(31)29(21)23)28-19(30)12-35-16-6-7-17(26)18(27)8-16/h2-8,20,23H,9-12H2,1H3,(H,28,30)/t20-,23-/m1/s1. The zero-order valence-electron chi connectivity index (χ0n) is 19.0. The second-order valence-electron chi connectivity index (χ2n) is 7.83. The Morgan fingerprint density at radius 1 is 1.17 bits per heavy atom. The van der Waals surface area contributed by atoms with E-state index in [2.05, 4.69) is 5.32 Å². The number of hydrogen-bond acceptors (Lipinski definition) is 7. The Morgan fingerprint density at radius 2 is 1.92 bits per heavy atom. The van der Waals surface area contributed by atoms with Crippen molar-refractivity contribution in [1.29, 1.82) is 0 Å². The zero-order valence-corrected chi connectivity index (χ0v) is 22.9. The van der Waals surface area contributed by atoms with E-state index >= 15 is 0 Å². The Hall–Kier alpha value is -2.04. The van der Waals surface area contributed by atoms with Gasteiger partial charge >= 0.3 is 5.97 Å². The van der Waals surface area contributed by atoms with Crippen LogP contribution < -0.4 is 10.1 Å². The number of alkyl halides is 1. The fraction of sp³-hybridized carbons (Fsp3) is 0.292. The Balaban J connectivity index is 1.36. The number of carbonyl (C=O) groups is 3. The molecule has 0 saturated carbocycles. The molecule has 2 aliphatic rings. The monoisotopic (exact) mass is 586 g/mol. The summed E-state index contributed by atoms with van der Waals surface area (Å²) in [7, 11) is 1.57. The van der Waals surface area contributed by atoms with Crippen LogP contribution in [0.15, 0.2) is 58.6 Å². The molecule has 2 aromatic carbocycles. The molecule has 0 bridgehead atoms. The molecule has 0 spiro atoms. The molecule has 2 amide bonds. The largest absolute Gasteiger partial charge is 0.497 e. The predicted molar refractivity (Wildman–Crippen MR) is 143 cm³/mol. The van der Waals surface area contributed by atoms with E-state index in [4.69, 9.17) is 44.3 Å². The summed E-state index contributed by atoms with van der Waals surface area (Å²) in [4.78, 5) is 40.6. The molecule has 0 aromatic heterocycles. The molecular weight excluding hydrogens is 567 g/mol. The highest BCUT2D eigenvalue weighted by atomic mass is 35.5. The van der Waals surface area contributed by atoms with Crippen molar-refractivity contribution >= 4 is 76.1 Å². The van der Waals surface area contributed by atoms with Gasteiger partial charge in [0, 0.05) is 16.5 Å². The number of nitrogens with one attached hydrogen (secondary N) is 1. The minimum Gasteiger partial charge on any atom is -0.497 e. The molecule has 0 unspecified atom stereocenters. The third-order valence-electron chi connectivity index (χ3n) is 5.51. The number of rotatable bonds is 9. The van der Waals surface area contributed by atoms with E-state index in [0.29, 0.717) is 27.1 Å². The number of halogens is 3. The van der Waals surface area contributed by atoms with Gasteiger partial charge in [0.2, 0.25) is 5.91 Å². The molecule has 2 aliphatic heterocycles. The number of amides is 2. The van der Waals surface area contributed by atoms with Gasteiger partial charge in [-0.05, 0) is 41.5 Å². The lowest BCUT2D eigenvalue weighted by atomic mass is 10.0. The molecule has 2 heterocycles. The average molecular weight is 588 g/mol. The van der Waals surface area contributed by atoms with Crippen molar-refractivity contribution in [2.75, 3.05) is 24.5 Å². The van der Waals surface area contributed by atoms with E-state index in [0.717, 1.165) is 10.5 Å². The third-order valence-corrected chi connectivity index (χ3v) is 8.90. The average Bonchev–Trinajstić information content (AvgIpc) is 2.90. The van der Waals surface area contributed by atoms with Gasteiger partial charge in [-0.15, -0.1) is 35.1 Å². The number of benzene rings is 2. The maximum absolute atomic E-state index is 13.0. The van der Waals surface area contributed by atoms with E-state index in [1.165, 1.54) is 28.4 Å². The molecule has 36 heavy (non-hydrogen) atoms. The van der Waals surface area contributed by atoms with Crippen LogP contribution >= 0.6 is 58.3 Å². The molecule has 0 aliphatic carbocycles. The van der Waals surface area contributed by atoms with Crippen molar-refractivity contribution in [1.82, 2.24) is 10.2 Å². The maximum atomic E-state index is 13.0. The highest BCUT2D eigenvalue weighted by Crippen LogP contribution is 2.41. The molecule has 190 valence electrons. The van der Waals surface area contributed by atoms with Gasteiger partial charge in [0.05, 0.1) is 22.9 Å². The van der Waals surface area contributed by atoms with Crippen LogP contribution in [0.2, 0.25) is 10.0 Å². The summed E-state index contributed by atoms with van der Waals surface area (Å²) in [5.74, 6) is 0.0282. The first-order valence-electron chi connectivity index (χ1n) is 10.7. The van der Waals surface area contributed by atoms with Crippen LogP contribution in [-0.4, -0.2) is 58.6 Å². The van der Waals surface area contributed by atoms with Gasteiger partial charge in [-0.2, -0.15) is 0 Å². The van der Waals surface area contributed by atoms with Crippen LogP contribution in [-0.2, 0) is 25.7 Å². The Bertz CT molecular complexity index is 1210. The van der Waals surface area contributed by atoms with Crippen molar-refractivity contribution in [3.05, 3.63) is 69.3 Å². The second-order valence-corrected chi connectivity index (χ2v) is 11.1. The molecule has 1 saturated heterocycles. The molecule has 4 rings (SSSR count). The van der Waals surface area contributed by atoms with Crippen molar-refractivity contribution in [2.24, 2.45) is 0 Å². The van der Waals surface area contributed by atoms with Gasteiger partial charge in [0.1, 0.15) is 29.5 Å². The van der Waals surface area contributed by atoms with Crippen molar-refractivity contribution in [3.63, 3.8) is 0 Å².